The predicted octanol–water partition coefficient (Wildman–Crippen LogP) is 1.79. The van der Waals surface area contributed by atoms with Crippen LogP contribution in [0.25, 0.3) is 11.3 Å². The molecule has 8 nitrogen and oxygen atoms in total. The van der Waals surface area contributed by atoms with E-state index < -0.39 is 0 Å². The van der Waals surface area contributed by atoms with Crippen molar-refractivity contribution in [3.05, 3.63) is 64.8 Å². The van der Waals surface area contributed by atoms with Gasteiger partial charge in [0.05, 0.1) is 17.9 Å². The topological polar surface area (TPSA) is 80.0 Å². The van der Waals surface area contributed by atoms with Crippen molar-refractivity contribution in [3.63, 3.8) is 0 Å². The van der Waals surface area contributed by atoms with Gasteiger partial charge in [0.25, 0.3) is 5.56 Å². The van der Waals surface area contributed by atoms with Gasteiger partial charge in [0.2, 0.25) is 0 Å². The van der Waals surface area contributed by atoms with Crippen LogP contribution in [0.2, 0.25) is 0 Å². The normalized spacial score (nSPS) is 17.3. The van der Waals surface area contributed by atoms with Gasteiger partial charge in [0.15, 0.2) is 5.82 Å². The summed E-state index contributed by atoms with van der Waals surface area (Å²) < 4.78 is 1.56. The third kappa shape index (κ3) is 4.23. The summed E-state index contributed by atoms with van der Waals surface area (Å²) >= 11 is 0. The third-order valence-electron chi connectivity index (χ3n) is 5.83. The highest BCUT2D eigenvalue weighted by molar-refractivity contribution is 5.57. The van der Waals surface area contributed by atoms with Crippen molar-refractivity contribution in [2.24, 2.45) is 0 Å². The van der Waals surface area contributed by atoms with Crippen LogP contribution in [0.15, 0.2) is 53.6 Å². The Hall–Kier alpha value is -3.13. The summed E-state index contributed by atoms with van der Waals surface area (Å²) in [5.74, 6) is 1.60. The molecule has 0 radical (unpaired) electrons. The average Bonchev–Trinajstić information content (AvgIpc) is 3.65. The summed E-state index contributed by atoms with van der Waals surface area (Å²) in [5.41, 5.74) is 2.80. The van der Waals surface area contributed by atoms with Crippen LogP contribution in [0, 0.1) is 0 Å². The highest BCUT2D eigenvalue weighted by Gasteiger charge is 2.26. The number of aromatic nitrogens is 5. The molecular formula is C22H25N7O. The second-order valence-electron chi connectivity index (χ2n) is 7.94. The molecule has 154 valence electrons. The molecule has 0 N–H and O–H groups in total. The third-order valence-corrected chi connectivity index (χ3v) is 5.83. The first kappa shape index (κ1) is 18.9. The molecule has 1 saturated carbocycles. The monoisotopic (exact) mass is 403 g/mol. The molecule has 2 fully saturated rings. The van der Waals surface area contributed by atoms with E-state index in [1.54, 1.807) is 29.2 Å². The Morgan fingerprint density at radius 1 is 0.867 bits per heavy atom. The predicted molar refractivity (Wildman–Crippen MR) is 114 cm³/mol. The fourth-order valence-corrected chi connectivity index (χ4v) is 3.82. The summed E-state index contributed by atoms with van der Waals surface area (Å²) in [6.07, 6.45) is 5.96. The summed E-state index contributed by atoms with van der Waals surface area (Å²) in [6, 6.07) is 11.4. The van der Waals surface area contributed by atoms with Gasteiger partial charge in [0.1, 0.15) is 0 Å². The molecule has 3 aromatic heterocycles. The Morgan fingerprint density at radius 3 is 2.37 bits per heavy atom. The summed E-state index contributed by atoms with van der Waals surface area (Å²) in [5, 5.41) is 13.4. The highest BCUT2D eigenvalue weighted by atomic mass is 16.1. The lowest BCUT2D eigenvalue weighted by Crippen LogP contribution is -2.48. The van der Waals surface area contributed by atoms with E-state index in [1.165, 1.54) is 12.8 Å². The maximum Gasteiger partial charge on any atom is 0.266 e. The molecule has 2 aliphatic rings. The van der Waals surface area contributed by atoms with Crippen molar-refractivity contribution in [3.8, 4) is 11.3 Å². The Kier molecular flexibility index (Phi) is 5.23. The summed E-state index contributed by atoms with van der Waals surface area (Å²) in [4.78, 5) is 20.9. The molecule has 0 bridgehead atoms. The van der Waals surface area contributed by atoms with Crippen LogP contribution in [-0.4, -0.2) is 62.6 Å². The highest BCUT2D eigenvalue weighted by Crippen LogP contribution is 2.38. The minimum absolute atomic E-state index is 0.0718. The van der Waals surface area contributed by atoms with Crippen LogP contribution in [-0.2, 0) is 6.54 Å². The van der Waals surface area contributed by atoms with Crippen LogP contribution >= 0.6 is 0 Å². The van der Waals surface area contributed by atoms with Gasteiger partial charge in [-0.05, 0) is 43.2 Å². The van der Waals surface area contributed by atoms with Crippen molar-refractivity contribution in [1.29, 1.82) is 0 Å². The second-order valence-corrected chi connectivity index (χ2v) is 7.94. The van der Waals surface area contributed by atoms with Crippen LogP contribution in [0.1, 0.15) is 24.5 Å². The van der Waals surface area contributed by atoms with Crippen molar-refractivity contribution >= 4 is 5.82 Å². The average molecular weight is 403 g/mol. The van der Waals surface area contributed by atoms with Gasteiger partial charge in [-0.3, -0.25) is 14.7 Å². The molecule has 1 aliphatic heterocycles. The van der Waals surface area contributed by atoms with Crippen molar-refractivity contribution in [2.75, 3.05) is 37.6 Å². The van der Waals surface area contributed by atoms with Crippen LogP contribution in [0.3, 0.4) is 0 Å². The Bertz CT molecular complexity index is 1040. The number of rotatable bonds is 6. The zero-order chi connectivity index (χ0) is 20.3. The smallest absolute Gasteiger partial charge is 0.266 e. The zero-order valence-corrected chi connectivity index (χ0v) is 16.9. The fraction of sp³-hybridized carbons (Fsp3) is 0.409. The van der Waals surface area contributed by atoms with Crippen molar-refractivity contribution < 1.29 is 0 Å². The molecule has 0 spiro atoms. The van der Waals surface area contributed by atoms with E-state index >= 15 is 0 Å². The molecule has 30 heavy (non-hydrogen) atoms. The number of hydrogen-bond acceptors (Lipinski definition) is 7. The molecule has 0 aromatic carbocycles. The lowest BCUT2D eigenvalue weighted by atomic mass is 10.2. The minimum atomic E-state index is -0.0718. The molecule has 0 amide bonds. The number of pyridine rings is 1. The van der Waals surface area contributed by atoms with Gasteiger partial charge >= 0.3 is 0 Å². The lowest BCUT2D eigenvalue weighted by molar-refractivity contribution is 0.242. The van der Waals surface area contributed by atoms with Gasteiger partial charge in [-0.25, -0.2) is 4.68 Å². The first-order valence-corrected chi connectivity index (χ1v) is 10.6. The van der Waals surface area contributed by atoms with Gasteiger partial charge in [-0.1, -0.05) is 0 Å². The van der Waals surface area contributed by atoms with E-state index in [1.807, 2.05) is 12.1 Å². The molecule has 1 aliphatic carbocycles. The van der Waals surface area contributed by atoms with E-state index in [0.717, 1.165) is 55.5 Å². The molecule has 1 saturated heterocycles. The standard InChI is InChI=1S/C22H25N7O/c30-22-6-4-20(18-7-9-23-10-8-18)26-29(22)16-13-27-11-14-28(15-12-27)21-5-3-19(24-25-21)17-1-2-17/h3-10,17H,1-2,11-16H2. The molecule has 5 rings (SSSR count). The molecule has 0 atom stereocenters. The number of nitrogens with zero attached hydrogens (tertiary/aromatic N) is 7. The van der Waals surface area contributed by atoms with E-state index in [9.17, 15) is 4.79 Å². The first-order chi connectivity index (χ1) is 14.8. The van der Waals surface area contributed by atoms with Gasteiger partial charge in [-0.2, -0.15) is 10.2 Å². The maximum atomic E-state index is 12.2. The van der Waals surface area contributed by atoms with Crippen molar-refractivity contribution in [1.82, 2.24) is 29.9 Å². The van der Waals surface area contributed by atoms with Crippen LogP contribution in [0.4, 0.5) is 5.82 Å². The molecule has 3 aromatic rings. The van der Waals surface area contributed by atoms with Gasteiger partial charge in [-0.15, -0.1) is 5.10 Å². The molecule has 4 heterocycles. The molecule has 0 unspecified atom stereocenters. The fourth-order valence-electron chi connectivity index (χ4n) is 3.82. The van der Waals surface area contributed by atoms with E-state index in [4.69, 9.17) is 0 Å². The van der Waals surface area contributed by atoms with Gasteiger partial charge < -0.3 is 4.90 Å². The summed E-state index contributed by atoms with van der Waals surface area (Å²) in [7, 11) is 0. The SMILES string of the molecule is O=c1ccc(-c2ccncc2)nn1CCN1CCN(c2ccc(C3CC3)nn2)CC1. The Balaban J connectivity index is 1.17. The van der Waals surface area contributed by atoms with Crippen LogP contribution < -0.4 is 10.5 Å². The maximum absolute atomic E-state index is 12.2. The Labute approximate surface area is 175 Å². The summed E-state index contributed by atoms with van der Waals surface area (Å²) in [6.45, 7) is 5.07. The quantitative estimate of drug-likeness (QED) is 0.621. The molecular weight excluding hydrogens is 378 g/mol. The number of anilines is 1. The molecule has 8 heteroatoms. The number of piperazine rings is 1. The Morgan fingerprint density at radius 2 is 1.67 bits per heavy atom. The number of hydrogen-bond donors (Lipinski definition) is 0. The van der Waals surface area contributed by atoms with E-state index in [-0.39, 0.29) is 5.56 Å². The van der Waals surface area contributed by atoms with E-state index in [0.29, 0.717) is 12.5 Å². The second kappa shape index (κ2) is 8.31. The van der Waals surface area contributed by atoms with Gasteiger partial charge in [0, 0.05) is 62.7 Å². The minimum Gasteiger partial charge on any atom is -0.353 e. The van der Waals surface area contributed by atoms with E-state index in [2.05, 4.69) is 42.2 Å². The van der Waals surface area contributed by atoms with Crippen molar-refractivity contribution in [2.45, 2.75) is 25.3 Å². The lowest BCUT2D eigenvalue weighted by Gasteiger charge is -2.35. The zero-order valence-electron chi connectivity index (χ0n) is 16.9. The van der Waals surface area contributed by atoms with Crippen LogP contribution in [0.5, 0.6) is 0 Å². The largest absolute Gasteiger partial charge is 0.353 e. The first-order valence-electron chi connectivity index (χ1n) is 10.6.